The topological polar surface area (TPSA) is 102 Å². The molecule has 0 aliphatic carbocycles. The van der Waals surface area contributed by atoms with Gasteiger partial charge in [-0.2, -0.15) is 0 Å². The quantitative estimate of drug-likeness (QED) is 0.436. The summed E-state index contributed by atoms with van der Waals surface area (Å²) in [7, 11) is 0. The van der Waals surface area contributed by atoms with Gasteiger partial charge >= 0.3 is 6.03 Å². The fourth-order valence-corrected chi connectivity index (χ4v) is 1.92. The van der Waals surface area contributed by atoms with Crippen molar-refractivity contribution in [2.24, 2.45) is 5.73 Å². The van der Waals surface area contributed by atoms with Crippen molar-refractivity contribution in [3.8, 4) is 0 Å². The van der Waals surface area contributed by atoms with Crippen LogP contribution in [0.3, 0.4) is 0 Å². The van der Waals surface area contributed by atoms with Crippen molar-refractivity contribution in [1.82, 2.24) is 4.31 Å². The van der Waals surface area contributed by atoms with Crippen LogP contribution in [0.1, 0.15) is 0 Å². The first kappa shape index (κ1) is 19.1. The third kappa shape index (κ3) is 4.88. The smallest absolute Gasteiger partial charge is 0.329 e. The number of halogens is 3. The Morgan fingerprint density at radius 1 is 1.45 bits per heavy atom. The maximum absolute atomic E-state index is 11.7. The van der Waals surface area contributed by atoms with E-state index in [-0.39, 0.29) is 46.9 Å². The first-order valence-electron chi connectivity index (χ1n) is 4.97. The Morgan fingerprint density at radius 2 is 1.95 bits per heavy atom. The molecule has 0 saturated carbocycles. The number of anilines is 1. The predicted molar refractivity (Wildman–Crippen MR) is 84.1 cm³/mol. The van der Waals surface area contributed by atoms with Crippen LogP contribution in [0, 0.1) is 10.1 Å². The minimum atomic E-state index is -0.636. The number of non-ortho nitro benzene ring substituents is 1. The number of nitro benzene ring substituents is 1. The van der Waals surface area contributed by atoms with E-state index in [1.165, 1.54) is 0 Å². The highest BCUT2D eigenvalue weighted by atomic mass is 35.5. The van der Waals surface area contributed by atoms with E-state index in [1.54, 1.807) is 0 Å². The first-order valence-corrected chi connectivity index (χ1v) is 6.13. The zero-order chi connectivity index (χ0) is 14.6. The number of hydrogen-bond donors (Lipinski definition) is 3. The molecule has 0 fully saturated rings. The molecule has 7 nitrogen and oxygen atoms in total. The summed E-state index contributed by atoms with van der Waals surface area (Å²) in [6.45, 7) is 0.454. The Balaban J connectivity index is 0.00000361. The Labute approximate surface area is 136 Å². The second-order valence-electron chi connectivity index (χ2n) is 3.38. The lowest BCUT2D eigenvalue weighted by molar-refractivity contribution is -0.384. The number of nitrogens with two attached hydrogens (primary N) is 1. The van der Waals surface area contributed by atoms with Gasteiger partial charge in [0, 0.05) is 25.2 Å². The van der Waals surface area contributed by atoms with Crippen LogP contribution < -0.4 is 11.1 Å². The highest BCUT2D eigenvalue weighted by Gasteiger charge is 2.18. The van der Waals surface area contributed by atoms with Gasteiger partial charge in [0.2, 0.25) is 0 Å². The number of nitro groups is 1. The van der Waals surface area contributed by atoms with Crippen molar-refractivity contribution in [3.05, 3.63) is 32.3 Å². The van der Waals surface area contributed by atoms with Crippen LogP contribution in [0.2, 0.25) is 10.0 Å². The number of thiol groups is 1. The molecule has 0 heterocycles. The minimum absolute atomic E-state index is 0. The van der Waals surface area contributed by atoms with Gasteiger partial charge in [0.15, 0.2) is 0 Å². The number of carbonyl (C=O) groups excluding carboxylic acids is 1. The predicted octanol–water partition coefficient (Wildman–Crippen LogP) is 2.96. The van der Waals surface area contributed by atoms with Crippen molar-refractivity contribution in [1.29, 1.82) is 0 Å². The average molecular weight is 362 g/mol. The third-order valence-corrected chi connectivity index (χ3v) is 3.02. The van der Waals surface area contributed by atoms with Crippen molar-refractivity contribution >= 4 is 65.8 Å². The van der Waals surface area contributed by atoms with E-state index < -0.39 is 11.0 Å². The number of nitrogens with zero attached hydrogens (tertiary/aromatic N) is 2. The zero-order valence-electron chi connectivity index (χ0n) is 9.88. The Morgan fingerprint density at radius 3 is 2.35 bits per heavy atom. The summed E-state index contributed by atoms with van der Waals surface area (Å²) in [4.78, 5) is 21.6. The molecule has 0 aliphatic heterocycles. The molecule has 1 aromatic rings. The van der Waals surface area contributed by atoms with Gasteiger partial charge in [0.25, 0.3) is 5.69 Å². The zero-order valence-corrected chi connectivity index (χ0v) is 13.1. The van der Waals surface area contributed by atoms with Crippen molar-refractivity contribution in [2.75, 3.05) is 18.4 Å². The summed E-state index contributed by atoms with van der Waals surface area (Å²) in [5.41, 5.74) is 5.09. The number of benzene rings is 1. The van der Waals surface area contributed by atoms with Gasteiger partial charge in [-0.25, -0.2) is 4.79 Å². The average Bonchev–Trinajstić information content (AvgIpc) is 2.33. The molecule has 0 unspecified atom stereocenters. The molecule has 3 N–H and O–H groups in total. The Hall–Kier alpha value is -0.930. The van der Waals surface area contributed by atoms with Crippen LogP contribution in [0.5, 0.6) is 0 Å². The molecule has 1 rings (SSSR count). The Bertz CT molecular complexity index is 494. The van der Waals surface area contributed by atoms with Crippen LogP contribution in [-0.4, -0.2) is 28.3 Å². The fourth-order valence-electron chi connectivity index (χ4n) is 1.18. The number of rotatable bonds is 4. The lowest BCUT2D eigenvalue weighted by Crippen LogP contribution is -2.31. The van der Waals surface area contributed by atoms with E-state index in [1.807, 2.05) is 0 Å². The van der Waals surface area contributed by atoms with Gasteiger partial charge in [-0.05, 0) is 0 Å². The molecule has 0 spiro atoms. The summed E-state index contributed by atoms with van der Waals surface area (Å²) < 4.78 is 1.04. The highest BCUT2D eigenvalue weighted by molar-refractivity contribution is 7.78. The molecule has 1 aromatic carbocycles. The molecule has 0 bridgehead atoms. The van der Waals surface area contributed by atoms with Gasteiger partial charge in [-0.15, -0.1) is 12.4 Å². The van der Waals surface area contributed by atoms with Gasteiger partial charge in [-0.3, -0.25) is 14.4 Å². The van der Waals surface area contributed by atoms with E-state index in [0.29, 0.717) is 0 Å². The Kier molecular flexibility index (Phi) is 7.99. The number of carbonyl (C=O) groups is 1. The summed E-state index contributed by atoms with van der Waals surface area (Å²) in [5.74, 6) is 0. The SMILES string of the molecule is Cl.NCCN(S)C(=O)Nc1c(Cl)cc([N+](=O)[O-])cc1Cl. The number of amides is 2. The summed E-state index contributed by atoms with van der Waals surface area (Å²) in [5, 5.41) is 12.9. The second kappa shape index (κ2) is 8.38. The molecule has 0 saturated heterocycles. The summed E-state index contributed by atoms with van der Waals surface area (Å²) >= 11 is 15.6. The van der Waals surface area contributed by atoms with E-state index >= 15 is 0 Å². The largest absolute Gasteiger partial charge is 0.331 e. The van der Waals surface area contributed by atoms with Gasteiger partial charge in [0.05, 0.1) is 20.7 Å². The minimum Gasteiger partial charge on any atom is -0.329 e. The fraction of sp³-hybridized carbons (Fsp3) is 0.222. The van der Waals surface area contributed by atoms with Gasteiger partial charge < -0.3 is 11.1 Å². The molecule has 2 amide bonds. The van der Waals surface area contributed by atoms with Crippen LogP contribution >= 0.6 is 48.4 Å². The van der Waals surface area contributed by atoms with Crippen molar-refractivity contribution in [2.45, 2.75) is 0 Å². The van der Waals surface area contributed by atoms with Crippen LogP contribution in [0.25, 0.3) is 0 Å². The second-order valence-corrected chi connectivity index (χ2v) is 4.68. The van der Waals surface area contributed by atoms with Gasteiger partial charge in [-0.1, -0.05) is 36.0 Å². The molecular weight excluding hydrogens is 351 g/mol. The van der Waals surface area contributed by atoms with E-state index in [2.05, 4.69) is 18.1 Å². The standard InChI is InChI=1S/C9H10Cl2N4O3S.ClH/c10-6-3-5(15(17)18)4-7(11)8(6)13-9(16)14(19)2-1-12;/h3-4,19H,1-2,12H2,(H,13,16);1H. The number of nitrogens with one attached hydrogen (secondary N) is 1. The number of urea groups is 1. The van der Waals surface area contributed by atoms with Crippen LogP contribution in [0.4, 0.5) is 16.2 Å². The van der Waals surface area contributed by atoms with E-state index in [4.69, 9.17) is 28.9 Å². The van der Waals surface area contributed by atoms with Crippen molar-refractivity contribution < 1.29 is 9.72 Å². The third-order valence-electron chi connectivity index (χ3n) is 2.04. The molecule has 112 valence electrons. The number of hydrogen-bond acceptors (Lipinski definition) is 5. The molecule has 0 aliphatic rings. The monoisotopic (exact) mass is 360 g/mol. The highest BCUT2D eigenvalue weighted by Crippen LogP contribution is 2.34. The maximum atomic E-state index is 11.7. The summed E-state index contributed by atoms with van der Waals surface area (Å²) in [6, 6.07) is 1.59. The van der Waals surface area contributed by atoms with E-state index in [0.717, 1.165) is 16.4 Å². The molecule has 11 heteroatoms. The van der Waals surface area contributed by atoms with Crippen LogP contribution in [-0.2, 0) is 0 Å². The van der Waals surface area contributed by atoms with Crippen LogP contribution in [0.15, 0.2) is 12.1 Å². The molecule has 0 radical (unpaired) electrons. The van der Waals surface area contributed by atoms with Crippen molar-refractivity contribution in [3.63, 3.8) is 0 Å². The molecule has 0 aromatic heterocycles. The lowest BCUT2D eigenvalue weighted by Gasteiger charge is -2.16. The normalized spacial score (nSPS) is 9.60. The lowest BCUT2D eigenvalue weighted by atomic mass is 10.3. The maximum Gasteiger partial charge on any atom is 0.331 e. The molecular formula is C9H11Cl3N4O3S. The molecule has 0 atom stereocenters. The first-order chi connectivity index (χ1) is 8.86. The molecule has 20 heavy (non-hydrogen) atoms. The summed E-state index contributed by atoms with van der Waals surface area (Å²) in [6.07, 6.45) is 0. The van der Waals surface area contributed by atoms with E-state index in [9.17, 15) is 14.9 Å². The van der Waals surface area contributed by atoms with Gasteiger partial charge in [0.1, 0.15) is 0 Å².